The van der Waals surface area contributed by atoms with Crippen LogP contribution >= 0.6 is 22.7 Å². The van der Waals surface area contributed by atoms with Gasteiger partial charge in [-0.3, -0.25) is 4.98 Å². The average Bonchev–Trinajstić information content (AvgIpc) is 3.71. The summed E-state index contributed by atoms with van der Waals surface area (Å²) >= 11 is 3.77. The number of fused-ring (bicyclic) bond motifs is 10. The molecule has 2 nitrogen and oxygen atoms in total. The summed E-state index contributed by atoms with van der Waals surface area (Å²) in [5.41, 5.74) is 5.64. The van der Waals surface area contributed by atoms with Crippen LogP contribution in [0.3, 0.4) is 0 Å². The van der Waals surface area contributed by atoms with E-state index in [4.69, 9.17) is 0 Å². The van der Waals surface area contributed by atoms with Crippen LogP contribution in [0, 0.1) is 0 Å². The fourth-order valence-corrected chi connectivity index (χ4v) is 9.54. The minimum absolute atomic E-state index is 1.11. The number of thiophene rings is 2. The van der Waals surface area contributed by atoms with E-state index >= 15 is 0 Å². The van der Waals surface area contributed by atoms with Gasteiger partial charge in [0, 0.05) is 69.8 Å². The second-order valence-electron chi connectivity index (χ2n) is 12.0. The smallest absolute Gasteiger partial charge is 0.0468 e. The molecule has 10 rings (SSSR count). The van der Waals surface area contributed by atoms with Crippen molar-refractivity contribution in [1.82, 2.24) is 4.98 Å². The molecule has 0 aliphatic carbocycles. The first kappa shape index (κ1) is 26.6. The lowest BCUT2D eigenvalue weighted by molar-refractivity contribution is 1.29. The van der Waals surface area contributed by atoms with Gasteiger partial charge in [-0.2, -0.15) is 0 Å². The van der Waals surface area contributed by atoms with Gasteiger partial charge in [-0.05, 0) is 87.3 Å². The second kappa shape index (κ2) is 10.5. The molecule has 0 amide bonds. The summed E-state index contributed by atoms with van der Waals surface area (Å²) in [5.74, 6) is 0. The summed E-state index contributed by atoms with van der Waals surface area (Å²) in [6, 6.07) is 53.4. The van der Waals surface area contributed by atoms with Crippen molar-refractivity contribution in [2.24, 2.45) is 0 Å². The lowest BCUT2D eigenvalue weighted by Crippen LogP contribution is -2.09. The predicted octanol–water partition coefficient (Wildman–Crippen LogP) is 13.3. The second-order valence-corrected chi connectivity index (χ2v) is 14.1. The Morgan fingerprint density at radius 3 is 1.49 bits per heavy atom. The highest BCUT2D eigenvalue weighted by Gasteiger charge is 2.17. The predicted molar refractivity (Wildman–Crippen MR) is 205 cm³/mol. The van der Waals surface area contributed by atoms with Gasteiger partial charge in [0.05, 0.1) is 0 Å². The third kappa shape index (κ3) is 4.26. The maximum Gasteiger partial charge on any atom is 0.0468 e. The molecule has 0 saturated heterocycles. The van der Waals surface area contributed by atoms with Crippen molar-refractivity contribution < 1.29 is 0 Å². The minimum Gasteiger partial charge on any atom is -0.310 e. The zero-order valence-electron chi connectivity index (χ0n) is 25.2. The molecule has 0 unspecified atom stereocenters. The molecule has 0 radical (unpaired) electrons. The fourth-order valence-electron chi connectivity index (χ4n) is 7.06. The number of anilines is 3. The Bertz CT molecular complexity index is 2640. The number of benzene rings is 7. The SMILES string of the molecule is c1cncc(-c2ccc(N(c3ccc4c(ccc5c6ccccc6sc45)c3)c3ccc4c(ccc5c6ccccc6sc45)c3)cc2)c1. The van der Waals surface area contributed by atoms with Gasteiger partial charge in [0.25, 0.3) is 0 Å². The summed E-state index contributed by atoms with van der Waals surface area (Å²) in [4.78, 5) is 6.72. The van der Waals surface area contributed by atoms with Gasteiger partial charge in [0.15, 0.2) is 0 Å². The Kier molecular flexibility index (Phi) is 5.95. The standard InChI is InChI=1S/C43H26N2S2/c1-3-9-40-36(7-1)38-19-13-28-24-32(17-21-34(28)42(38)46-40)45(31-15-11-27(12-16-31)30-6-5-23-44-26-30)33-18-22-35-29(25-33)14-20-39-37-8-2-4-10-41(37)47-43(35)39/h1-26H. The van der Waals surface area contributed by atoms with Crippen molar-refractivity contribution in [3.05, 3.63) is 158 Å². The van der Waals surface area contributed by atoms with Gasteiger partial charge < -0.3 is 4.90 Å². The van der Waals surface area contributed by atoms with Crippen LogP contribution in [0.2, 0.25) is 0 Å². The molecule has 0 aliphatic rings. The fraction of sp³-hybridized carbons (Fsp3) is 0. The number of nitrogens with zero attached hydrogens (tertiary/aromatic N) is 2. The minimum atomic E-state index is 1.11. The first-order valence-electron chi connectivity index (χ1n) is 15.8. The molecule has 0 saturated carbocycles. The Balaban J connectivity index is 1.15. The normalized spacial score (nSPS) is 11.8. The molecule has 47 heavy (non-hydrogen) atoms. The van der Waals surface area contributed by atoms with Crippen molar-refractivity contribution in [3.8, 4) is 11.1 Å². The van der Waals surface area contributed by atoms with Crippen LogP contribution in [0.1, 0.15) is 0 Å². The first-order chi connectivity index (χ1) is 23.3. The van der Waals surface area contributed by atoms with Crippen LogP contribution in [0.25, 0.3) is 73.0 Å². The van der Waals surface area contributed by atoms with Gasteiger partial charge in [-0.25, -0.2) is 0 Å². The van der Waals surface area contributed by atoms with Crippen LogP contribution in [0.4, 0.5) is 17.1 Å². The average molecular weight is 635 g/mol. The monoisotopic (exact) mass is 634 g/mol. The maximum absolute atomic E-state index is 4.33. The van der Waals surface area contributed by atoms with E-state index < -0.39 is 0 Å². The zero-order chi connectivity index (χ0) is 30.9. The molecule has 0 atom stereocenters. The van der Waals surface area contributed by atoms with Crippen molar-refractivity contribution in [3.63, 3.8) is 0 Å². The molecule has 10 aromatic rings. The quantitative estimate of drug-likeness (QED) is 0.191. The van der Waals surface area contributed by atoms with Gasteiger partial charge in [0.2, 0.25) is 0 Å². The Hall–Kier alpha value is -5.55. The Labute approximate surface area is 279 Å². The summed E-state index contributed by atoms with van der Waals surface area (Å²) in [6.45, 7) is 0. The Morgan fingerprint density at radius 2 is 0.936 bits per heavy atom. The lowest BCUT2D eigenvalue weighted by Gasteiger charge is -2.26. The third-order valence-corrected chi connectivity index (χ3v) is 11.8. The van der Waals surface area contributed by atoms with Gasteiger partial charge in [0.1, 0.15) is 0 Å². The van der Waals surface area contributed by atoms with Crippen LogP contribution < -0.4 is 4.90 Å². The number of aromatic nitrogens is 1. The summed E-state index contributed by atoms with van der Waals surface area (Å²) in [6.07, 6.45) is 3.74. The van der Waals surface area contributed by atoms with E-state index in [0.29, 0.717) is 0 Å². The third-order valence-electron chi connectivity index (χ3n) is 9.32. The summed E-state index contributed by atoms with van der Waals surface area (Å²) in [7, 11) is 0. The van der Waals surface area contributed by atoms with E-state index in [1.807, 2.05) is 41.1 Å². The highest BCUT2D eigenvalue weighted by atomic mass is 32.1. The highest BCUT2D eigenvalue weighted by Crippen LogP contribution is 2.44. The first-order valence-corrected chi connectivity index (χ1v) is 17.4. The van der Waals surface area contributed by atoms with Crippen molar-refractivity contribution >= 4 is 102 Å². The summed E-state index contributed by atoms with van der Waals surface area (Å²) < 4.78 is 5.36. The molecule has 0 aliphatic heterocycles. The van der Waals surface area contributed by atoms with Gasteiger partial charge in [-0.15, -0.1) is 22.7 Å². The van der Waals surface area contributed by atoms with Gasteiger partial charge in [-0.1, -0.05) is 91.0 Å². The van der Waals surface area contributed by atoms with E-state index in [-0.39, 0.29) is 0 Å². The molecule has 0 bridgehead atoms. The molecule has 7 aromatic carbocycles. The Morgan fingerprint density at radius 1 is 0.404 bits per heavy atom. The largest absolute Gasteiger partial charge is 0.310 e. The van der Waals surface area contributed by atoms with E-state index in [1.54, 1.807) is 0 Å². The molecular formula is C43H26N2S2. The van der Waals surface area contributed by atoms with Crippen LogP contribution in [-0.2, 0) is 0 Å². The van der Waals surface area contributed by atoms with E-state index in [9.17, 15) is 0 Å². The lowest BCUT2D eigenvalue weighted by atomic mass is 10.0. The van der Waals surface area contributed by atoms with Crippen LogP contribution in [0.5, 0.6) is 0 Å². The molecule has 0 spiro atoms. The molecule has 220 valence electrons. The highest BCUT2D eigenvalue weighted by molar-refractivity contribution is 7.27. The summed E-state index contributed by atoms with van der Waals surface area (Å²) in [5, 5.41) is 10.4. The maximum atomic E-state index is 4.33. The van der Waals surface area contributed by atoms with Crippen molar-refractivity contribution in [2.45, 2.75) is 0 Å². The number of rotatable bonds is 4. The number of hydrogen-bond acceptors (Lipinski definition) is 4. The van der Waals surface area contributed by atoms with Crippen molar-refractivity contribution in [1.29, 1.82) is 0 Å². The number of pyridine rings is 1. The van der Waals surface area contributed by atoms with Crippen LogP contribution in [0.15, 0.2) is 158 Å². The molecule has 3 heterocycles. The number of hydrogen-bond donors (Lipinski definition) is 0. The molecular weight excluding hydrogens is 609 g/mol. The van der Waals surface area contributed by atoms with E-state index in [2.05, 4.69) is 149 Å². The van der Waals surface area contributed by atoms with Crippen molar-refractivity contribution in [2.75, 3.05) is 4.90 Å². The molecule has 0 N–H and O–H groups in total. The topological polar surface area (TPSA) is 16.1 Å². The van der Waals surface area contributed by atoms with E-state index in [0.717, 1.165) is 28.2 Å². The molecule has 4 heteroatoms. The zero-order valence-corrected chi connectivity index (χ0v) is 26.9. The van der Waals surface area contributed by atoms with Gasteiger partial charge >= 0.3 is 0 Å². The molecule has 0 fully saturated rings. The van der Waals surface area contributed by atoms with E-state index in [1.165, 1.54) is 61.9 Å². The van der Waals surface area contributed by atoms with Crippen LogP contribution in [-0.4, -0.2) is 4.98 Å². The molecule has 3 aromatic heterocycles.